The maximum atomic E-state index is 13.8. The van der Waals surface area contributed by atoms with Gasteiger partial charge in [-0.1, -0.05) is 48.5 Å². The monoisotopic (exact) mass is 296 g/mol. The molecule has 104 valence electrons. The Morgan fingerprint density at radius 1 is 0.905 bits per heavy atom. The predicted octanol–water partition coefficient (Wildman–Crippen LogP) is 4.98. The normalized spacial score (nSPS) is 10.5. The molecule has 0 atom stereocenters. The van der Waals surface area contributed by atoms with Gasteiger partial charge in [0.1, 0.15) is 5.82 Å². The number of ketones is 1. The van der Waals surface area contributed by atoms with Crippen LogP contribution in [0.1, 0.15) is 15.2 Å². The van der Waals surface area contributed by atoms with Gasteiger partial charge in [0.15, 0.2) is 5.78 Å². The molecule has 0 aliphatic heterocycles. The summed E-state index contributed by atoms with van der Waals surface area (Å²) < 4.78 is 13.8. The molecule has 3 rings (SSSR count). The van der Waals surface area contributed by atoms with Gasteiger partial charge in [-0.2, -0.15) is 0 Å². The van der Waals surface area contributed by atoms with Crippen molar-refractivity contribution >= 4 is 17.1 Å². The Bertz CT molecular complexity index is 762. The molecule has 21 heavy (non-hydrogen) atoms. The number of halogens is 1. The van der Waals surface area contributed by atoms with E-state index in [-0.39, 0.29) is 11.6 Å². The van der Waals surface area contributed by atoms with Crippen LogP contribution in [0.3, 0.4) is 0 Å². The quantitative estimate of drug-likeness (QED) is 0.621. The first-order valence-corrected chi connectivity index (χ1v) is 7.47. The SMILES string of the molecule is O=C(Cc1ccccc1)c1ccc(-c2ccccc2F)s1. The maximum absolute atomic E-state index is 13.8. The van der Waals surface area contributed by atoms with Crippen LogP contribution in [0.2, 0.25) is 0 Å². The summed E-state index contributed by atoms with van der Waals surface area (Å²) in [6.45, 7) is 0. The predicted molar refractivity (Wildman–Crippen MR) is 84.2 cm³/mol. The molecule has 0 fully saturated rings. The highest BCUT2D eigenvalue weighted by Crippen LogP contribution is 2.30. The van der Waals surface area contributed by atoms with Crippen molar-refractivity contribution in [2.45, 2.75) is 6.42 Å². The first-order valence-electron chi connectivity index (χ1n) is 6.66. The first-order chi connectivity index (χ1) is 10.2. The van der Waals surface area contributed by atoms with Crippen LogP contribution in [0.5, 0.6) is 0 Å². The minimum absolute atomic E-state index is 0.0637. The van der Waals surface area contributed by atoms with Crippen molar-refractivity contribution in [1.29, 1.82) is 0 Å². The van der Waals surface area contributed by atoms with Crippen LogP contribution in [0.4, 0.5) is 4.39 Å². The molecule has 0 spiro atoms. The van der Waals surface area contributed by atoms with Crippen molar-refractivity contribution < 1.29 is 9.18 Å². The summed E-state index contributed by atoms with van der Waals surface area (Å²) in [4.78, 5) is 13.7. The lowest BCUT2D eigenvalue weighted by molar-refractivity contribution is 0.0997. The standard InChI is InChI=1S/C18H13FOS/c19-15-9-5-4-8-14(15)17-10-11-18(21-17)16(20)12-13-6-2-1-3-7-13/h1-11H,12H2. The highest BCUT2D eigenvalue weighted by molar-refractivity contribution is 7.17. The lowest BCUT2D eigenvalue weighted by Crippen LogP contribution is -2.00. The van der Waals surface area contributed by atoms with Gasteiger partial charge in [-0.05, 0) is 23.8 Å². The number of thiophene rings is 1. The Balaban J connectivity index is 1.82. The summed E-state index contributed by atoms with van der Waals surface area (Å²) in [5, 5.41) is 0. The minimum atomic E-state index is -0.263. The zero-order valence-electron chi connectivity index (χ0n) is 11.3. The molecule has 0 saturated carbocycles. The van der Waals surface area contributed by atoms with Crippen molar-refractivity contribution in [3.63, 3.8) is 0 Å². The molecule has 0 aliphatic rings. The zero-order valence-corrected chi connectivity index (χ0v) is 12.1. The second kappa shape index (κ2) is 6.02. The van der Waals surface area contributed by atoms with E-state index < -0.39 is 0 Å². The molecule has 0 amide bonds. The third-order valence-electron chi connectivity index (χ3n) is 3.23. The average Bonchev–Trinajstić information content (AvgIpc) is 2.98. The lowest BCUT2D eigenvalue weighted by atomic mass is 10.1. The van der Waals surface area contributed by atoms with Crippen LogP contribution in [-0.4, -0.2) is 5.78 Å². The molecular weight excluding hydrogens is 283 g/mol. The van der Waals surface area contributed by atoms with Crippen molar-refractivity contribution in [2.24, 2.45) is 0 Å². The number of hydrogen-bond donors (Lipinski definition) is 0. The Morgan fingerprint density at radius 2 is 1.62 bits per heavy atom. The van der Waals surface area contributed by atoms with E-state index in [1.807, 2.05) is 30.3 Å². The van der Waals surface area contributed by atoms with Gasteiger partial charge in [0.2, 0.25) is 0 Å². The Kier molecular flexibility index (Phi) is 3.93. The van der Waals surface area contributed by atoms with Crippen molar-refractivity contribution in [2.75, 3.05) is 0 Å². The fourth-order valence-electron chi connectivity index (χ4n) is 2.16. The number of Topliss-reactive ketones (excluding diaryl/α,β-unsaturated/α-hetero) is 1. The van der Waals surface area contributed by atoms with E-state index in [1.165, 1.54) is 17.4 Å². The van der Waals surface area contributed by atoms with Gasteiger partial charge in [0.25, 0.3) is 0 Å². The van der Waals surface area contributed by atoms with Crippen LogP contribution in [0.15, 0.2) is 66.7 Å². The molecule has 3 heteroatoms. The number of hydrogen-bond acceptors (Lipinski definition) is 2. The molecule has 1 aromatic heterocycles. The second-order valence-electron chi connectivity index (χ2n) is 4.73. The van der Waals surface area contributed by atoms with Crippen LogP contribution in [0.25, 0.3) is 10.4 Å². The summed E-state index contributed by atoms with van der Waals surface area (Å²) in [7, 11) is 0. The molecule has 3 aromatic rings. The van der Waals surface area contributed by atoms with Crippen LogP contribution in [0, 0.1) is 5.82 Å². The van der Waals surface area contributed by atoms with E-state index in [0.29, 0.717) is 16.9 Å². The summed E-state index contributed by atoms with van der Waals surface area (Å²) in [5.41, 5.74) is 1.53. The average molecular weight is 296 g/mol. The Hall–Kier alpha value is -2.26. The number of carbonyl (C=O) groups excluding carboxylic acids is 1. The van der Waals surface area contributed by atoms with Gasteiger partial charge < -0.3 is 0 Å². The van der Waals surface area contributed by atoms with E-state index in [9.17, 15) is 9.18 Å². The second-order valence-corrected chi connectivity index (χ2v) is 5.81. The summed E-state index contributed by atoms with van der Waals surface area (Å²) in [6.07, 6.45) is 0.373. The smallest absolute Gasteiger partial charge is 0.177 e. The van der Waals surface area contributed by atoms with E-state index in [4.69, 9.17) is 0 Å². The highest BCUT2D eigenvalue weighted by atomic mass is 32.1. The van der Waals surface area contributed by atoms with Gasteiger partial charge in [-0.25, -0.2) is 4.39 Å². The van der Waals surface area contributed by atoms with E-state index in [1.54, 1.807) is 30.3 Å². The maximum Gasteiger partial charge on any atom is 0.177 e. The zero-order chi connectivity index (χ0) is 14.7. The van der Waals surface area contributed by atoms with Crippen LogP contribution < -0.4 is 0 Å². The minimum Gasteiger partial charge on any atom is -0.293 e. The third-order valence-corrected chi connectivity index (χ3v) is 4.39. The van der Waals surface area contributed by atoms with Gasteiger partial charge in [-0.3, -0.25) is 4.79 Å². The largest absolute Gasteiger partial charge is 0.293 e. The van der Waals surface area contributed by atoms with Crippen LogP contribution in [-0.2, 0) is 6.42 Å². The molecule has 0 unspecified atom stereocenters. The molecule has 0 N–H and O–H groups in total. The Morgan fingerprint density at radius 3 is 2.38 bits per heavy atom. The van der Waals surface area contributed by atoms with E-state index in [0.717, 1.165) is 10.4 Å². The topological polar surface area (TPSA) is 17.1 Å². The van der Waals surface area contributed by atoms with E-state index >= 15 is 0 Å². The first kappa shape index (κ1) is 13.7. The fraction of sp³-hybridized carbons (Fsp3) is 0.0556. The fourth-order valence-corrected chi connectivity index (χ4v) is 3.13. The van der Waals surface area contributed by atoms with Gasteiger partial charge in [-0.15, -0.1) is 11.3 Å². The number of carbonyl (C=O) groups is 1. The van der Waals surface area contributed by atoms with Crippen molar-refractivity contribution in [3.8, 4) is 10.4 Å². The van der Waals surface area contributed by atoms with Gasteiger partial charge in [0, 0.05) is 16.9 Å². The summed E-state index contributed by atoms with van der Waals surface area (Å²) >= 11 is 1.34. The summed E-state index contributed by atoms with van der Waals surface area (Å²) in [6, 6.07) is 19.8. The Labute approximate surface area is 126 Å². The molecule has 0 radical (unpaired) electrons. The van der Waals surface area contributed by atoms with Crippen molar-refractivity contribution in [1.82, 2.24) is 0 Å². The van der Waals surface area contributed by atoms with Gasteiger partial charge in [0.05, 0.1) is 4.88 Å². The molecular formula is C18H13FOS. The van der Waals surface area contributed by atoms with Crippen LogP contribution >= 0.6 is 11.3 Å². The van der Waals surface area contributed by atoms with E-state index in [2.05, 4.69) is 0 Å². The molecule has 0 saturated heterocycles. The lowest BCUT2D eigenvalue weighted by Gasteiger charge is -1.99. The molecule has 2 aromatic carbocycles. The molecule has 0 bridgehead atoms. The van der Waals surface area contributed by atoms with Gasteiger partial charge >= 0.3 is 0 Å². The highest BCUT2D eigenvalue weighted by Gasteiger charge is 2.12. The molecule has 1 heterocycles. The third kappa shape index (κ3) is 3.09. The summed E-state index contributed by atoms with van der Waals surface area (Å²) in [5.74, 6) is -0.199. The molecule has 0 aliphatic carbocycles. The number of rotatable bonds is 4. The van der Waals surface area contributed by atoms with Crippen molar-refractivity contribution in [3.05, 3.63) is 83.0 Å². The molecule has 1 nitrogen and oxygen atoms in total. The number of benzene rings is 2.